The Bertz CT molecular complexity index is 366. The normalized spacial score (nSPS) is 10.3. The van der Waals surface area contributed by atoms with Crippen molar-refractivity contribution in [1.82, 2.24) is 5.32 Å². The Kier molecular flexibility index (Phi) is 5.25. The van der Waals surface area contributed by atoms with E-state index in [0.29, 0.717) is 11.4 Å². The van der Waals surface area contributed by atoms with Crippen molar-refractivity contribution < 1.29 is 19.7 Å². The van der Waals surface area contributed by atoms with E-state index >= 15 is 0 Å². The Hall–Kier alpha value is -1.79. The van der Waals surface area contributed by atoms with Crippen LogP contribution in [0.5, 0.6) is 5.75 Å². The zero-order valence-electron chi connectivity index (χ0n) is 9.30. The van der Waals surface area contributed by atoms with Crippen LogP contribution >= 0.6 is 0 Å². The Balaban J connectivity index is 2.41. The predicted octanol–water partition coefficient (Wildman–Crippen LogP) is -0.883. The second-order valence-electron chi connectivity index (χ2n) is 3.46. The minimum atomic E-state index is -0.667. The Morgan fingerprint density at radius 3 is 2.59 bits per heavy atom. The molecule has 1 aromatic carbocycles. The molecule has 1 rings (SSSR count). The zero-order chi connectivity index (χ0) is 12.7. The molecule has 6 nitrogen and oxygen atoms in total. The standard InChI is InChI=1S/C11H16N2O4/c12-9-3-1-2-4-10(9)17-7-11(16)13-8(5-14)6-15/h1-4,8,14-15H,5-7,12H2,(H,13,16). The second kappa shape index (κ2) is 6.72. The largest absolute Gasteiger partial charge is 0.482 e. The Morgan fingerprint density at radius 1 is 1.35 bits per heavy atom. The van der Waals surface area contributed by atoms with Crippen molar-refractivity contribution in [3.8, 4) is 5.75 Å². The van der Waals surface area contributed by atoms with Gasteiger partial charge in [-0.25, -0.2) is 0 Å². The Morgan fingerprint density at radius 2 is 2.00 bits per heavy atom. The number of hydrogen-bond acceptors (Lipinski definition) is 5. The topological polar surface area (TPSA) is 105 Å². The Labute approximate surface area is 99.0 Å². The van der Waals surface area contributed by atoms with Crippen LogP contribution in [0.15, 0.2) is 24.3 Å². The van der Waals surface area contributed by atoms with Gasteiger partial charge in [-0.2, -0.15) is 0 Å². The van der Waals surface area contributed by atoms with Crippen molar-refractivity contribution in [1.29, 1.82) is 0 Å². The lowest BCUT2D eigenvalue weighted by atomic mass is 10.3. The number of ether oxygens (including phenoxy) is 1. The highest BCUT2D eigenvalue weighted by molar-refractivity contribution is 5.78. The van der Waals surface area contributed by atoms with Crippen LogP contribution in [-0.2, 0) is 4.79 Å². The van der Waals surface area contributed by atoms with Crippen LogP contribution in [-0.4, -0.2) is 42.0 Å². The maximum absolute atomic E-state index is 11.4. The smallest absolute Gasteiger partial charge is 0.258 e. The first-order valence-corrected chi connectivity index (χ1v) is 5.15. The summed E-state index contributed by atoms with van der Waals surface area (Å²) in [4.78, 5) is 11.4. The summed E-state index contributed by atoms with van der Waals surface area (Å²) in [5.41, 5.74) is 6.07. The lowest BCUT2D eigenvalue weighted by Gasteiger charge is -2.14. The first-order valence-electron chi connectivity index (χ1n) is 5.15. The average Bonchev–Trinajstić information content (AvgIpc) is 2.35. The average molecular weight is 240 g/mol. The number of hydrogen-bond donors (Lipinski definition) is 4. The minimum Gasteiger partial charge on any atom is -0.482 e. The highest BCUT2D eigenvalue weighted by Gasteiger charge is 2.10. The number of amides is 1. The second-order valence-corrected chi connectivity index (χ2v) is 3.46. The third kappa shape index (κ3) is 4.29. The van der Waals surface area contributed by atoms with E-state index in [9.17, 15) is 4.79 Å². The number of carbonyl (C=O) groups is 1. The van der Waals surface area contributed by atoms with Crippen molar-refractivity contribution in [2.24, 2.45) is 0 Å². The molecule has 0 aromatic heterocycles. The van der Waals surface area contributed by atoms with E-state index < -0.39 is 11.9 Å². The van der Waals surface area contributed by atoms with Gasteiger partial charge in [0.1, 0.15) is 5.75 Å². The van der Waals surface area contributed by atoms with E-state index in [1.165, 1.54) is 0 Å². The van der Waals surface area contributed by atoms with E-state index in [1.54, 1.807) is 24.3 Å². The van der Waals surface area contributed by atoms with Gasteiger partial charge in [-0.1, -0.05) is 12.1 Å². The minimum absolute atomic E-state index is 0.218. The monoisotopic (exact) mass is 240 g/mol. The number of benzene rings is 1. The summed E-state index contributed by atoms with van der Waals surface area (Å²) in [5.74, 6) is -0.00597. The number of nitrogens with one attached hydrogen (secondary N) is 1. The summed E-state index contributed by atoms with van der Waals surface area (Å²) in [6.07, 6.45) is 0. The molecule has 0 aliphatic rings. The molecule has 0 fully saturated rings. The molecule has 0 heterocycles. The van der Waals surface area contributed by atoms with Gasteiger partial charge in [-0.3, -0.25) is 4.79 Å². The fraction of sp³-hybridized carbons (Fsp3) is 0.364. The van der Waals surface area contributed by atoms with Crippen LogP contribution in [0.25, 0.3) is 0 Å². The van der Waals surface area contributed by atoms with Crippen molar-refractivity contribution in [3.05, 3.63) is 24.3 Å². The van der Waals surface area contributed by atoms with Crippen LogP contribution in [0.2, 0.25) is 0 Å². The van der Waals surface area contributed by atoms with Gasteiger partial charge in [0, 0.05) is 0 Å². The first kappa shape index (κ1) is 13.3. The fourth-order valence-corrected chi connectivity index (χ4v) is 1.17. The quantitative estimate of drug-likeness (QED) is 0.483. The highest BCUT2D eigenvalue weighted by atomic mass is 16.5. The predicted molar refractivity (Wildman–Crippen MR) is 62.5 cm³/mol. The fourth-order valence-electron chi connectivity index (χ4n) is 1.17. The van der Waals surface area contributed by atoms with Crippen molar-refractivity contribution >= 4 is 11.6 Å². The number of nitrogen functional groups attached to an aromatic ring is 1. The lowest BCUT2D eigenvalue weighted by molar-refractivity contribution is -0.124. The number of rotatable bonds is 6. The molecule has 0 aliphatic carbocycles. The van der Waals surface area contributed by atoms with E-state index in [-0.39, 0.29) is 19.8 Å². The molecule has 0 aliphatic heterocycles. The lowest BCUT2D eigenvalue weighted by Crippen LogP contribution is -2.42. The van der Waals surface area contributed by atoms with Gasteiger partial charge in [0.15, 0.2) is 6.61 Å². The van der Waals surface area contributed by atoms with Gasteiger partial charge in [0.05, 0.1) is 24.9 Å². The van der Waals surface area contributed by atoms with Gasteiger partial charge in [-0.15, -0.1) is 0 Å². The van der Waals surface area contributed by atoms with E-state index in [2.05, 4.69) is 5.32 Å². The summed E-state index contributed by atoms with van der Waals surface area (Å²) in [5, 5.41) is 19.9. The SMILES string of the molecule is Nc1ccccc1OCC(=O)NC(CO)CO. The molecule has 6 heteroatoms. The van der Waals surface area contributed by atoms with Crippen molar-refractivity contribution in [2.75, 3.05) is 25.6 Å². The molecule has 0 atom stereocenters. The maximum Gasteiger partial charge on any atom is 0.258 e. The van der Waals surface area contributed by atoms with Gasteiger partial charge < -0.3 is 26.0 Å². The summed E-state index contributed by atoms with van der Waals surface area (Å²) < 4.78 is 5.19. The molecule has 94 valence electrons. The molecule has 0 saturated heterocycles. The van der Waals surface area contributed by atoms with Crippen molar-refractivity contribution in [2.45, 2.75) is 6.04 Å². The zero-order valence-corrected chi connectivity index (χ0v) is 9.30. The number of aliphatic hydroxyl groups excluding tert-OH is 2. The number of carbonyl (C=O) groups excluding carboxylic acids is 1. The first-order chi connectivity index (χ1) is 8.17. The van der Waals surface area contributed by atoms with Crippen LogP contribution in [0, 0.1) is 0 Å². The molecule has 1 aromatic rings. The van der Waals surface area contributed by atoms with E-state index in [0.717, 1.165) is 0 Å². The maximum atomic E-state index is 11.4. The van der Waals surface area contributed by atoms with Gasteiger partial charge in [-0.05, 0) is 12.1 Å². The number of anilines is 1. The third-order valence-electron chi connectivity index (χ3n) is 2.08. The summed E-state index contributed by atoms with van der Waals surface area (Å²) in [7, 11) is 0. The molecule has 1 amide bonds. The summed E-state index contributed by atoms with van der Waals surface area (Å²) in [6, 6.07) is 6.15. The van der Waals surface area contributed by atoms with Crippen molar-refractivity contribution in [3.63, 3.8) is 0 Å². The van der Waals surface area contributed by atoms with Gasteiger partial charge in [0.25, 0.3) is 5.91 Å². The van der Waals surface area contributed by atoms with Gasteiger partial charge in [0.2, 0.25) is 0 Å². The molecule has 0 spiro atoms. The summed E-state index contributed by atoms with van der Waals surface area (Å²) >= 11 is 0. The molecular formula is C11H16N2O4. The molecule has 17 heavy (non-hydrogen) atoms. The molecule has 5 N–H and O–H groups in total. The third-order valence-corrected chi connectivity index (χ3v) is 2.08. The van der Waals surface area contributed by atoms with E-state index in [4.69, 9.17) is 20.7 Å². The molecule has 0 bridgehead atoms. The van der Waals surface area contributed by atoms with E-state index in [1.807, 2.05) is 0 Å². The van der Waals surface area contributed by atoms with Crippen LogP contribution < -0.4 is 15.8 Å². The molecular weight excluding hydrogens is 224 g/mol. The molecule has 0 unspecified atom stereocenters. The highest BCUT2D eigenvalue weighted by Crippen LogP contribution is 2.19. The molecule has 0 saturated carbocycles. The van der Waals surface area contributed by atoms with Crippen LogP contribution in [0.4, 0.5) is 5.69 Å². The molecule has 0 radical (unpaired) electrons. The number of para-hydroxylation sites is 2. The van der Waals surface area contributed by atoms with Gasteiger partial charge >= 0.3 is 0 Å². The van der Waals surface area contributed by atoms with Crippen LogP contribution in [0.3, 0.4) is 0 Å². The number of aliphatic hydroxyl groups is 2. The number of nitrogens with two attached hydrogens (primary N) is 1. The van der Waals surface area contributed by atoms with Crippen LogP contribution in [0.1, 0.15) is 0 Å². The summed E-state index contributed by atoms with van der Waals surface area (Å²) in [6.45, 7) is -0.865.